The molecule has 0 bridgehead atoms. The summed E-state index contributed by atoms with van der Waals surface area (Å²) in [5.41, 5.74) is 5.61. The van der Waals surface area contributed by atoms with Crippen LogP contribution in [0.25, 0.3) is 55.8 Å². The van der Waals surface area contributed by atoms with Crippen LogP contribution in [0.2, 0.25) is 0 Å². The number of anilines is 2. The van der Waals surface area contributed by atoms with Crippen LogP contribution in [0.3, 0.4) is 0 Å². The number of carbonyl (C=O) groups is 1. The average Bonchev–Trinajstić information content (AvgIpc) is 3.68. The van der Waals surface area contributed by atoms with Crippen LogP contribution >= 0.6 is 0 Å². The summed E-state index contributed by atoms with van der Waals surface area (Å²) < 4.78 is 30.1. The molecule has 12 heteroatoms. The first-order chi connectivity index (χ1) is 22.8. The zero-order valence-electron chi connectivity index (χ0n) is 25.5. The zero-order valence-corrected chi connectivity index (χ0v) is 25.5. The van der Waals surface area contributed by atoms with Crippen molar-refractivity contribution in [1.29, 1.82) is 0 Å². The molecule has 0 saturated carbocycles. The van der Waals surface area contributed by atoms with Gasteiger partial charge in [0, 0.05) is 64.9 Å². The van der Waals surface area contributed by atoms with Gasteiger partial charge in [0.2, 0.25) is 0 Å². The van der Waals surface area contributed by atoms with Crippen molar-refractivity contribution >= 4 is 39.3 Å². The molecule has 0 unspecified atom stereocenters. The molecule has 0 atom stereocenters. The Kier molecular flexibility index (Phi) is 7.84. The molecular weight excluding hydrogens is 600 g/mol. The summed E-state index contributed by atoms with van der Waals surface area (Å²) in [7, 11) is 3.95. The highest BCUT2D eigenvalue weighted by Crippen LogP contribution is 2.35. The van der Waals surface area contributed by atoms with Crippen LogP contribution < -0.4 is 10.6 Å². The predicted octanol–water partition coefficient (Wildman–Crippen LogP) is 6.73. The minimum atomic E-state index is -0.490. The lowest BCUT2D eigenvalue weighted by Gasteiger charge is -2.12. The van der Waals surface area contributed by atoms with Crippen molar-refractivity contribution in [3.8, 4) is 33.8 Å². The Morgan fingerprint density at radius 1 is 0.915 bits per heavy atom. The summed E-state index contributed by atoms with van der Waals surface area (Å²) in [5, 5.41) is 14.0. The number of benzene rings is 3. The van der Waals surface area contributed by atoms with E-state index in [1.54, 1.807) is 48.7 Å². The number of fused-ring (bicyclic) bond motifs is 2. The molecule has 4 heterocycles. The summed E-state index contributed by atoms with van der Waals surface area (Å²) in [5.74, 6) is -0.755. The van der Waals surface area contributed by atoms with Crippen molar-refractivity contribution in [2.45, 2.75) is 0 Å². The molecule has 47 heavy (non-hydrogen) atoms. The van der Waals surface area contributed by atoms with Crippen molar-refractivity contribution in [1.82, 2.24) is 35.0 Å². The van der Waals surface area contributed by atoms with Crippen LogP contribution in [0.1, 0.15) is 10.4 Å². The number of H-pyrrole nitrogens is 2. The quantitative estimate of drug-likeness (QED) is 0.139. The van der Waals surface area contributed by atoms with Crippen LogP contribution in [-0.4, -0.2) is 68.1 Å². The maximum atomic E-state index is 15.4. The van der Waals surface area contributed by atoms with Crippen LogP contribution in [0.4, 0.5) is 20.2 Å². The Bertz CT molecular complexity index is 2250. The summed E-state index contributed by atoms with van der Waals surface area (Å²) in [6.45, 7) is 1.45. The van der Waals surface area contributed by atoms with Gasteiger partial charge < -0.3 is 20.5 Å². The number of hydrogen-bond acceptors (Lipinski definition) is 7. The molecule has 1 amide bonds. The lowest BCUT2D eigenvalue weighted by atomic mass is 10.0. The topological polar surface area (TPSA) is 128 Å². The van der Waals surface area contributed by atoms with Gasteiger partial charge in [-0.1, -0.05) is 18.2 Å². The molecular formula is C35H29F2N9O. The normalized spacial score (nSPS) is 11.4. The molecule has 0 fully saturated rings. The minimum Gasteiger partial charge on any atom is -0.384 e. The van der Waals surface area contributed by atoms with Gasteiger partial charge in [0.1, 0.15) is 22.8 Å². The average molecular weight is 630 g/mol. The molecule has 10 nitrogen and oxygen atoms in total. The molecule has 0 aliphatic carbocycles. The summed E-state index contributed by atoms with van der Waals surface area (Å²) in [6.07, 6.45) is 4.67. The predicted molar refractivity (Wildman–Crippen MR) is 179 cm³/mol. The van der Waals surface area contributed by atoms with Gasteiger partial charge in [-0.05, 0) is 68.2 Å². The third-order valence-corrected chi connectivity index (χ3v) is 7.70. The molecule has 0 aliphatic heterocycles. The lowest BCUT2D eigenvalue weighted by molar-refractivity contribution is 0.102. The summed E-state index contributed by atoms with van der Waals surface area (Å²) in [4.78, 5) is 31.5. The highest BCUT2D eigenvalue weighted by atomic mass is 19.1. The highest BCUT2D eigenvalue weighted by molar-refractivity contribution is 6.04. The van der Waals surface area contributed by atoms with Gasteiger partial charge in [-0.25, -0.2) is 18.7 Å². The van der Waals surface area contributed by atoms with E-state index in [1.807, 2.05) is 31.1 Å². The second kappa shape index (κ2) is 12.4. The lowest BCUT2D eigenvalue weighted by Crippen LogP contribution is -2.20. The number of pyridine rings is 2. The van der Waals surface area contributed by atoms with E-state index in [9.17, 15) is 9.18 Å². The van der Waals surface area contributed by atoms with E-state index in [4.69, 9.17) is 4.98 Å². The Hall–Kier alpha value is -6.01. The monoisotopic (exact) mass is 629 g/mol. The van der Waals surface area contributed by atoms with E-state index in [1.165, 1.54) is 30.6 Å². The Labute approximate surface area is 267 Å². The Balaban J connectivity index is 1.23. The Morgan fingerprint density at radius 3 is 2.57 bits per heavy atom. The molecule has 3 aromatic carbocycles. The molecule has 0 aliphatic rings. The van der Waals surface area contributed by atoms with E-state index in [0.29, 0.717) is 73.8 Å². The van der Waals surface area contributed by atoms with Gasteiger partial charge in [-0.15, -0.1) is 0 Å². The zero-order chi connectivity index (χ0) is 32.5. The first-order valence-electron chi connectivity index (χ1n) is 14.9. The van der Waals surface area contributed by atoms with E-state index in [2.05, 4.69) is 35.8 Å². The second-order valence-corrected chi connectivity index (χ2v) is 11.3. The molecule has 0 saturated heterocycles. The number of hydrogen-bond donors (Lipinski definition) is 4. The van der Waals surface area contributed by atoms with E-state index < -0.39 is 5.82 Å². The fraction of sp³-hybridized carbons (Fsp3) is 0.114. The molecule has 4 N–H and O–H groups in total. The van der Waals surface area contributed by atoms with Gasteiger partial charge >= 0.3 is 0 Å². The highest BCUT2D eigenvalue weighted by Gasteiger charge is 2.19. The number of likely N-dealkylation sites (N-methyl/N-ethyl adjacent to an activating group) is 1. The van der Waals surface area contributed by atoms with Crippen LogP contribution in [0.5, 0.6) is 0 Å². The van der Waals surface area contributed by atoms with Crippen molar-refractivity contribution in [3.05, 3.63) is 109 Å². The number of nitrogens with one attached hydrogen (secondary N) is 4. The standard InChI is InChI=1S/C35H29F2N9O/c1-46(2)11-10-39-24-13-21(12-23(36)15-24)26-8-9-40-33-31(26)42-34(43-33)32-28-16-27(29(37)17-30(28)44-45-32)22-14-25(19-38-18-22)41-35(47)20-6-4-3-5-7-20/h3-9,12-19,39H,10-11H2,1-2H3,(H,41,47)(H,44,45)(H,40,42,43). The van der Waals surface area contributed by atoms with E-state index in [0.717, 1.165) is 6.54 Å². The number of imidazole rings is 1. The maximum Gasteiger partial charge on any atom is 0.255 e. The van der Waals surface area contributed by atoms with Crippen molar-refractivity contribution in [2.75, 3.05) is 37.8 Å². The first kappa shape index (κ1) is 29.7. The number of rotatable bonds is 9. The van der Waals surface area contributed by atoms with Crippen LogP contribution in [0.15, 0.2) is 91.4 Å². The number of aromatic amines is 2. The van der Waals surface area contributed by atoms with Crippen LogP contribution in [0, 0.1) is 11.6 Å². The van der Waals surface area contributed by atoms with Crippen LogP contribution in [-0.2, 0) is 0 Å². The minimum absolute atomic E-state index is 0.271. The number of amides is 1. The van der Waals surface area contributed by atoms with Gasteiger partial charge in [0.25, 0.3) is 5.91 Å². The maximum absolute atomic E-state index is 15.4. The van der Waals surface area contributed by atoms with Gasteiger partial charge in [0.05, 0.1) is 17.4 Å². The Morgan fingerprint density at radius 2 is 1.74 bits per heavy atom. The number of aromatic nitrogens is 6. The van der Waals surface area contributed by atoms with Crippen molar-refractivity contribution in [3.63, 3.8) is 0 Å². The number of nitrogens with zero attached hydrogens (tertiary/aromatic N) is 5. The summed E-state index contributed by atoms with van der Waals surface area (Å²) in [6, 6.07) is 20.1. The molecule has 234 valence electrons. The van der Waals surface area contributed by atoms with Gasteiger partial charge in [-0.3, -0.25) is 14.9 Å². The second-order valence-electron chi connectivity index (χ2n) is 11.3. The number of carbonyl (C=O) groups excluding carboxylic acids is 1. The van der Waals surface area contributed by atoms with Gasteiger partial charge in [0.15, 0.2) is 11.5 Å². The molecule has 0 radical (unpaired) electrons. The number of halogens is 2. The van der Waals surface area contributed by atoms with Crippen molar-refractivity contribution < 1.29 is 13.6 Å². The molecule has 7 rings (SSSR count). The SMILES string of the molecule is CN(C)CCNc1cc(F)cc(-c2ccnc3[nH]c(-c4n[nH]c5cc(F)c(-c6cncc(NC(=O)c7ccccc7)c6)cc45)nc23)c1. The first-order valence-corrected chi connectivity index (χ1v) is 14.9. The third-order valence-electron chi connectivity index (χ3n) is 7.70. The van der Waals surface area contributed by atoms with Crippen molar-refractivity contribution in [2.24, 2.45) is 0 Å². The largest absolute Gasteiger partial charge is 0.384 e. The fourth-order valence-corrected chi connectivity index (χ4v) is 5.41. The molecule has 0 spiro atoms. The fourth-order valence-electron chi connectivity index (χ4n) is 5.41. The summed E-state index contributed by atoms with van der Waals surface area (Å²) >= 11 is 0. The van der Waals surface area contributed by atoms with Gasteiger partial charge in [-0.2, -0.15) is 5.10 Å². The third kappa shape index (κ3) is 6.14. The molecule has 7 aromatic rings. The smallest absolute Gasteiger partial charge is 0.255 e. The molecule has 4 aromatic heterocycles. The van der Waals surface area contributed by atoms with E-state index >= 15 is 4.39 Å². The van der Waals surface area contributed by atoms with E-state index in [-0.39, 0.29) is 17.3 Å².